The summed E-state index contributed by atoms with van der Waals surface area (Å²) < 4.78 is 0. The van der Waals surface area contributed by atoms with E-state index in [9.17, 15) is 4.79 Å². The van der Waals surface area contributed by atoms with E-state index in [1.165, 1.54) is 24.4 Å². The number of amides is 1. The largest absolute Gasteiger partial charge is 0.411 e. The molecule has 0 aromatic heterocycles. The van der Waals surface area contributed by atoms with Gasteiger partial charge in [0.05, 0.1) is 33.7 Å². The maximum absolute atomic E-state index is 10.9. The fourth-order valence-electron chi connectivity index (χ4n) is 1.47. The second kappa shape index (κ2) is 11.3. The van der Waals surface area contributed by atoms with Crippen molar-refractivity contribution in [2.45, 2.75) is 19.3 Å². The van der Waals surface area contributed by atoms with E-state index in [4.69, 9.17) is 5.21 Å². The monoisotopic (exact) mass is 246 g/mol. The molecule has 0 unspecified atom stereocenters. The maximum atomic E-state index is 10.9. The summed E-state index contributed by atoms with van der Waals surface area (Å²) in [5, 5.41) is 15.7. The first-order chi connectivity index (χ1) is 8.16. The average molecular weight is 246 g/mol. The van der Waals surface area contributed by atoms with Crippen molar-refractivity contribution < 1.29 is 20.2 Å². The molecule has 5 N–H and O–H groups in total. The Labute approximate surface area is 103 Å². The van der Waals surface area contributed by atoms with Crippen LogP contribution in [0.2, 0.25) is 0 Å². The van der Waals surface area contributed by atoms with Crippen molar-refractivity contribution in [2.24, 2.45) is 5.16 Å². The van der Waals surface area contributed by atoms with Gasteiger partial charge in [-0.1, -0.05) is 5.16 Å². The van der Waals surface area contributed by atoms with Crippen molar-refractivity contribution in [3.8, 4) is 0 Å². The van der Waals surface area contributed by atoms with E-state index >= 15 is 0 Å². The highest BCUT2D eigenvalue weighted by atomic mass is 16.4. The number of carbonyl (C=O) groups is 1. The number of nitrogens with one attached hydrogen (secondary N) is 2. The lowest BCUT2D eigenvalue weighted by Gasteiger charge is -2.06. The van der Waals surface area contributed by atoms with Crippen LogP contribution in [0.5, 0.6) is 0 Å². The van der Waals surface area contributed by atoms with Crippen LogP contribution in [0.3, 0.4) is 0 Å². The van der Waals surface area contributed by atoms with Crippen molar-refractivity contribution >= 4 is 12.1 Å². The van der Waals surface area contributed by atoms with E-state index in [2.05, 4.69) is 29.9 Å². The Hall–Kier alpha value is -1.14. The standard InChI is InChI=1S/C11H24N4O2/c1-15(2)9-5-7-12-6-3-4-8-13-11(16)10-14-17/h10,12,17H,3-9H2,1-2H3,(H,13,16)/p+2/b14-10-. The summed E-state index contributed by atoms with van der Waals surface area (Å²) in [5.41, 5.74) is 0. The predicted molar refractivity (Wildman–Crippen MR) is 66.5 cm³/mol. The SMILES string of the molecule is C[NH+](C)CCC[NH2+]CCCCNC(=O)/C=N\O. The molecule has 0 rings (SSSR count). The molecule has 17 heavy (non-hydrogen) atoms. The van der Waals surface area contributed by atoms with Crippen LogP contribution >= 0.6 is 0 Å². The average Bonchev–Trinajstić information content (AvgIpc) is 2.27. The van der Waals surface area contributed by atoms with Gasteiger partial charge in [0.25, 0.3) is 5.91 Å². The third-order valence-electron chi connectivity index (χ3n) is 2.39. The fraction of sp³-hybridized carbons (Fsp3) is 0.818. The normalized spacial score (nSPS) is 11.2. The lowest BCUT2D eigenvalue weighted by molar-refractivity contribution is -0.860. The van der Waals surface area contributed by atoms with Crippen LogP contribution < -0.4 is 15.5 Å². The topological polar surface area (TPSA) is 82.7 Å². The molecule has 6 nitrogen and oxygen atoms in total. The highest BCUT2D eigenvalue weighted by molar-refractivity contribution is 6.25. The zero-order chi connectivity index (χ0) is 12.9. The number of carbonyl (C=O) groups excluding carboxylic acids is 1. The molecule has 0 bridgehead atoms. The zero-order valence-electron chi connectivity index (χ0n) is 10.9. The molecule has 0 aliphatic rings. The van der Waals surface area contributed by atoms with E-state index in [0.29, 0.717) is 6.54 Å². The summed E-state index contributed by atoms with van der Waals surface area (Å²) in [6, 6.07) is 0. The number of oxime groups is 1. The van der Waals surface area contributed by atoms with Crippen molar-refractivity contribution in [1.82, 2.24) is 5.32 Å². The maximum Gasteiger partial charge on any atom is 0.265 e. The van der Waals surface area contributed by atoms with E-state index in [1.807, 2.05) is 0 Å². The molecule has 0 heterocycles. The summed E-state index contributed by atoms with van der Waals surface area (Å²) in [5.74, 6) is -0.342. The quantitative estimate of drug-likeness (QED) is 0.148. The summed E-state index contributed by atoms with van der Waals surface area (Å²) in [7, 11) is 4.33. The van der Waals surface area contributed by atoms with E-state index in [-0.39, 0.29) is 5.91 Å². The van der Waals surface area contributed by atoms with Crippen LogP contribution in [0.4, 0.5) is 0 Å². The Morgan fingerprint density at radius 3 is 2.71 bits per heavy atom. The van der Waals surface area contributed by atoms with Crippen molar-refractivity contribution in [3.63, 3.8) is 0 Å². The molecule has 0 fully saturated rings. The first kappa shape index (κ1) is 15.9. The molecule has 1 amide bonds. The number of quaternary nitrogens is 2. The van der Waals surface area contributed by atoms with Crippen LogP contribution in [0.15, 0.2) is 5.16 Å². The molecule has 6 heteroatoms. The first-order valence-electron chi connectivity index (χ1n) is 6.22. The molecular formula is C11H26N4O2+2. The van der Waals surface area contributed by atoms with Gasteiger partial charge in [-0.25, -0.2) is 0 Å². The molecule has 0 aromatic rings. The number of nitrogens with zero attached hydrogens (tertiary/aromatic N) is 1. The Kier molecular flexibility index (Phi) is 10.6. The summed E-state index contributed by atoms with van der Waals surface area (Å²) >= 11 is 0. The van der Waals surface area contributed by atoms with Crippen molar-refractivity contribution in [2.75, 3.05) is 40.3 Å². The van der Waals surface area contributed by atoms with Gasteiger partial charge in [-0.05, 0) is 12.8 Å². The molecular weight excluding hydrogens is 220 g/mol. The Balaban J connectivity index is 3.11. The third kappa shape index (κ3) is 12.8. The molecule has 0 aromatic carbocycles. The number of nitrogens with two attached hydrogens (primary N) is 1. The van der Waals surface area contributed by atoms with Gasteiger partial charge in [-0.2, -0.15) is 0 Å². The van der Waals surface area contributed by atoms with E-state index in [0.717, 1.165) is 25.6 Å². The van der Waals surface area contributed by atoms with E-state index < -0.39 is 0 Å². The van der Waals surface area contributed by atoms with Gasteiger partial charge in [-0.3, -0.25) is 4.79 Å². The minimum Gasteiger partial charge on any atom is -0.411 e. The molecule has 0 atom stereocenters. The lowest BCUT2D eigenvalue weighted by Crippen LogP contribution is -3.06. The van der Waals surface area contributed by atoms with Crippen LogP contribution in [-0.2, 0) is 4.79 Å². The van der Waals surface area contributed by atoms with Gasteiger partial charge in [0, 0.05) is 13.0 Å². The molecule has 0 saturated heterocycles. The second-order valence-electron chi connectivity index (χ2n) is 4.42. The van der Waals surface area contributed by atoms with Crippen LogP contribution in [0.25, 0.3) is 0 Å². The smallest absolute Gasteiger partial charge is 0.265 e. The van der Waals surface area contributed by atoms with Gasteiger partial charge in [0.1, 0.15) is 6.21 Å². The summed E-state index contributed by atoms with van der Waals surface area (Å²) in [6.07, 6.45) is 4.16. The molecule has 0 aliphatic heterocycles. The Bertz CT molecular complexity index is 220. The first-order valence-corrected chi connectivity index (χ1v) is 6.22. The highest BCUT2D eigenvalue weighted by Crippen LogP contribution is 1.81. The number of hydrogen-bond donors (Lipinski definition) is 4. The Morgan fingerprint density at radius 1 is 1.35 bits per heavy atom. The molecule has 100 valence electrons. The fourth-order valence-corrected chi connectivity index (χ4v) is 1.47. The van der Waals surface area contributed by atoms with Crippen LogP contribution in [0, 0.1) is 0 Å². The third-order valence-corrected chi connectivity index (χ3v) is 2.39. The van der Waals surface area contributed by atoms with Crippen molar-refractivity contribution in [3.05, 3.63) is 0 Å². The van der Waals surface area contributed by atoms with Crippen LogP contribution in [-0.4, -0.2) is 57.6 Å². The summed E-state index contributed by atoms with van der Waals surface area (Å²) in [4.78, 5) is 12.3. The molecule has 0 spiro atoms. The molecule has 0 aliphatic carbocycles. The minimum atomic E-state index is -0.342. The second-order valence-corrected chi connectivity index (χ2v) is 4.42. The lowest BCUT2D eigenvalue weighted by atomic mass is 10.3. The summed E-state index contributed by atoms with van der Waals surface area (Å²) in [6.45, 7) is 4.13. The van der Waals surface area contributed by atoms with Gasteiger partial charge < -0.3 is 20.7 Å². The zero-order valence-corrected chi connectivity index (χ0v) is 10.9. The van der Waals surface area contributed by atoms with Gasteiger partial charge in [0.15, 0.2) is 0 Å². The molecule has 0 radical (unpaired) electrons. The molecule has 0 saturated carbocycles. The predicted octanol–water partition coefficient (Wildman–Crippen LogP) is -2.56. The van der Waals surface area contributed by atoms with Crippen LogP contribution in [0.1, 0.15) is 19.3 Å². The highest BCUT2D eigenvalue weighted by Gasteiger charge is 1.97. The van der Waals surface area contributed by atoms with Gasteiger partial charge in [0.2, 0.25) is 0 Å². The van der Waals surface area contributed by atoms with Crippen molar-refractivity contribution in [1.29, 1.82) is 0 Å². The number of unbranched alkanes of at least 4 members (excludes halogenated alkanes) is 1. The van der Waals surface area contributed by atoms with Gasteiger partial charge >= 0.3 is 0 Å². The Morgan fingerprint density at radius 2 is 2.06 bits per heavy atom. The number of hydrogen-bond acceptors (Lipinski definition) is 3. The van der Waals surface area contributed by atoms with E-state index in [1.54, 1.807) is 0 Å². The number of rotatable bonds is 10. The van der Waals surface area contributed by atoms with Gasteiger partial charge in [-0.15, -0.1) is 0 Å². The minimum absolute atomic E-state index is 0.342.